The first-order chi connectivity index (χ1) is 12.3. The van der Waals surface area contributed by atoms with Crippen molar-refractivity contribution >= 4 is 29.3 Å². The molecule has 0 aromatic heterocycles. The smallest absolute Gasteiger partial charge is 0.339 e. The maximum Gasteiger partial charge on any atom is 0.339 e. The second kappa shape index (κ2) is 8.48. The molecule has 2 rings (SSSR count). The highest BCUT2D eigenvalue weighted by atomic mass is 32.2. The third-order valence-electron chi connectivity index (χ3n) is 3.60. The Labute approximate surface area is 155 Å². The van der Waals surface area contributed by atoms with Gasteiger partial charge >= 0.3 is 5.97 Å². The summed E-state index contributed by atoms with van der Waals surface area (Å²) in [6.45, 7) is 0. The predicted molar refractivity (Wildman–Crippen MR) is 98.2 cm³/mol. The number of esters is 1. The van der Waals surface area contributed by atoms with Crippen LogP contribution in [0.25, 0.3) is 0 Å². The lowest BCUT2D eigenvalue weighted by Gasteiger charge is -2.21. The summed E-state index contributed by atoms with van der Waals surface area (Å²) in [5, 5.41) is 11.2. The second-order valence-electron chi connectivity index (χ2n) is 5.57. The van der Waals surface area contributed by atoms with Gasteiger partial charge < -0.3 is 9.64 Å². The zero-order valence-corrected chi connectivity index (χ0v) is 15.4. The maximum absolute atomic E-state index is 12.5. The Kier molecular flexibility index (Phi) is 6.35. The van der Waals surface area contributed by atoms with E-state index in [0.29, 0.717) is 10.5 Å². The van der Waals surface area contributed by atoms with Gasteiger partial charge in [-0.05, 0) is 18.4 Å². The molecule has 7 nitrogen and oxygen atoms in total. The summed E-state index contributed by atoms with van der Waals surface area (Å²) >= 11 is 1.21. The standard InChI is InChI=1S/C18H18N2O5S/c1-19(2)17(21)16(12-7-5-4-6-8-12)25-18(22)13-9-10-15(26-3)14(11-13)20(23)24/h4-11,16H,1-3H3/t16-/m1/s1. The normalized spacial score (nSPS) is 11.5. The number of nitrogens with zero attached hydrogens (tertiary/aromatic N) is 2. The van der Waals surface area contributed by atoms with Crippen molar-refractivity contribution in [3.63, 3.8) is 0 Å². The fraction of sp³-hybridized carbons (Fsp3) is 0.222. The van der Waals surface area contributed by atoms with Crippen molar-refractivity contribution < 1.29 is 19.2 Å². The molecular weight excluding hydrogens is 356 g/mol. The van der Waals surface area contributed by atoms with E-state index in [2.05, 4.69) is 0 Å². The van der Waals surface area contributed by atoms with Gasteiger partial charge in [-0.15, -0.1) is 11.8 Å². The maximum atomic E-state index is 12.5. The molecule has 0 unspecified atom stereocenters. The van der Waals surface area contributed by atoms with Crippen LogP contribution in [0.4, 0.5) is 5.69 Å². The number of rotatable bonds is 6. The quantitative estimate of drug-likeness (QED) is 0.333. The van der Waals surface area contributed by atoms with Crippen molar-refractivity contribution in [3.05, 3.63) is 69.8 Å². The molecule has 2 aromatic carbocycles. The number of thioether (sulfide) groups is 1. The van der Waals surface area contributed by atoms with Crippen LogP contribution in [0.5, 0.6) is 0 Å². The van der Waals surface area contributed by atoms with Crippen molar-refractivity contribution in [2.75, 3.05) is 20.4 Å². The molecule has 8 heteroatoms. The highest BCUT2D eigenvalue weighted by Gasteiger charge is 2.28. The first kappa shape index (κ1) is 19.5. The van der Waals surface area contributed by atoms with E-state index >= 15 is 0 Å². The summed E-state index contributed by atoms with van der Waals surface area (Å²) in [6, 6.07) is 12.7. The third kappa shape index (κ3) is 4.40. The first-order valence-electron chi connectivity index (χ1n) is 7.64. The lowest BCUT2D eigenvalue weighted by atomic mass is 10.1. The number of nitro groups is 1. The SMILES string of the molecule is CSc1ccc(C(=O)O[C@@H](C(=O)N(C)C)c2ccccc2)cc1[N+](=O)[O-]. The van der Waals surface area contributed by atoms with Crippen LogP contribution in [0.15, 0.2) is 53.4 Å². The second-order valence-corrected chi connectivity index (χ2v) is 6.42. The Morgan fingerprint density at radius 3 is 2.35 bits per heavy atom. The highest BCUT2D eigenvalue weighted by Crippen LogP contribution is 2.29. The van der Waals surface area contributed by atoms with Crippen LogP contribution in [0, 0.1) is 10.1 Å². The van der Waals surface area contributed by atoms with Crippen molar-refractivity contribution in [1.29, 1.82) is 0 Å². The van der Waals surface area contributed by atoms with Gasteiger partial charge in [-0.25, -0.2) is 4.79 Å². The number of hydrogen-bond acceptors (Lipinski definition) is 6. The Bertz CT molecular complexity index is 824. The summed E-state index contributed by atoms with van der Waals surface area (Å²) in [5.74, 6) is -1.20. The van der Waals surface area contributed by atoms with Gasteiger partial charge in [-0.1, -0.05) is 30.3 Å². The Morgan fingerprint density at radius 1 is 1.15 bits per heavy atom. The summed E-state index contributed by atoms with van der Waals surface area (Å²) in [5.41, 5.74) is 0.360. The molecule has 0 saturated heterocycles. The van der Waals surface area contributed by atoms with Crippen LogP contribution >= 0.6 is 11.8 Å². The van der Waals surface area contributed by atoms with Crippen molar-refractivity contribution in [2.45, 2.75) is 11.0 Å². The first-order valence-corrected chi connectivity index (χ1v) is 8.87. The lowest BCUT2D eigenvalue weighted by Crippen LogP contribution is -2.31. The molecule has 0 spiro atoms. The molecule has 0 bridgehead atoms. The molecule has 0 aliphatic heterocycles. The van der Waals surface area contributed by atoms with Crippen molar-refractivity contribution in [1.82, 2.24) is 4.90 Å². The highest BCUT2D eigenvalue weighted by molar-refractivity contribution is 7.98. The minimum Gasteiger partial charge on any atom is -0.444 e. The Morgan fingerprint density at radius 2 is 1.81 bits per heavy atom. The lowest BCUT2D eigenvalue weighted by molar-refractivity contribution is -0.387. The number of nitro benzene ring substituents is 1. The molecule has 1 atom stereocenters. The summed E-state index contributed by atoms with van der Waals surface area (Å²) < 4.78 is 5.39. The molecule has 0 aliphatic carbocycles. The molecule has 26 heavy (non-hydrogen) atoms. The van der Waals surface area contributed by atoms with E-state index in [9.17, 15) is 19.7 Å². The fourth-order valence-corrected chi connectivity index (χ4v) is 2.80. The van der Waals surface area contributed by atoms with Crippen molar-refractivity contribution in [3.8, 4) is 0 Å². The third-order valence-corrected chi connectivity index (χ3v) is 4.39. The largest absolute Gasteiger partial charge is 0.444 e. The molecule has 136 valence electrons. The Balaban J connectivity index is 2.34. The van der Waals surface area contributed by atoms with Crippen LogP contribution < -0.4 is 0 Å². The molecule has 0 heterocycles. The number of benzene rings is 2. The van der Waals surface area contributed by atoms with Gasteiger partial charge in [0.25, 0.3) is 11.6 Å². The minimum absolute atomic E-state index is 0.0157. The molecule has 2 aromatic rings. The van der Waals surface area contributed by atoms with E-state index in [0.717, 1.165) is 6.07 Å². The number of ether oxygens (including phenoxy) is 1. The van der Waals surface area contributed by atoms with E-state index in [1.165, 1.54) is 28.8 Å². The number of likely N-dealkylation sites (N-methyl/N-ethyl adjacent to an activating group) is 1. The molecule has 1 amide bonds. The number of carbonyl (C=O) groups is 2. The molecule has 0 aliphatic rings. The van der Waals surface area contributed by atoms with Gasteiger partial charge in [0.1, 0.15) is 0 Å². The van der Waals surface area contributed by atoms with Crippen LogP contribution in [0.2, 0.25) is 0 Å². The van der Waals surface area contributed by atoms with Crippen LogP contribution in [-0.4, -0.2) is 42.1 Å². The molecular formula is C18H18N2O5S. The molecule has 0 fully saturated rings. The Hall–Kier alpha value is -2.87. The van der Waals surface area contributed by atoms with Gasteiger partial charge in [0.05, 0.1) is 15.4 Å². The topological polar surface area (TPSA) is 89.8 Å². The monoisotopic (exact) mass is 374 g/mol. The molecule has 0 radical (unpaired) electrons. The van der Waals surface area contributed by atoms with Crippen LogP contribution in [-0.2, 0) is 9.53 Å². The summed E-state index contributed by atoms with van der Waals surface area (Å²) in [4.78, 5) is 37.3. The van der Waals surface area contributed by atoms with Crippen LogP contribution in [0.1, 0.15) is 22.0 Å². The van der Waals surface area contributed by atoms with Gasteiger partial charge in [-0.2, -0.15) is 0 Å². The number of carbonyl (C=O) groups excluding carboxylic acids is 2. The van der Waals surface area contributed by atoms with Gasteiger partial charge in [0.15, 0.2) is 0 Å². The van der Waals surface area contributed by atoms with Crippen LogP contribution in [0.3, 0.4) is 0 Å². The number of amides is 1. The minimum atomic E-state index is -1.13. The zero-order valence-electron chi connectivity index (χ0n) is 14.5. The van der Waals surface area contributed by atoms with Crippen molar-refractivity contribution in [2.24, 2.45) is 0 Å². The molecule has 0 N–H and O–H groups in total. The average molecular weight is 374 g/mol. The van der Waals surface area contributed by atoms with E-state index < -0.39 is 22.9 Å². The van der Waals surface area contributed by atoms with E-state index in [1.54, 1.807) is 50.7 Å². The molecule has 0 saturated carbocycles. The van der Waals surface area contributed by atoms with E-state index in [1.807, 2.05) is 0 Å². The summed E-state index contributed by atoms with van der Waals surface area (Å²) in [6.07, 6.45) is 0.583. The van der Waals surface area contributed by atoms with E-state index in [4.69, 9.17) is 4.74 Å². The van der Waals surface area contributed by atoms with Gasteiger partial charge in [0, 0.05) is 25.7 Å². The van der Waals surface area contributed by atoms with E-state index in [-0.39, 0.29) is 11.3 Å². The fourth-order valence-electron chi connectivity index (χ4n) is 2.26. The van der Waals surface area contributed by atoms with Gasteiger partial charge in [0.2, 0.25) is 6.10 Å². The number of hydrogen-bond donors (Lipinski definition) is 0. The average Bonchev–Trinajstić information content (AvgIpc) is 2.65. The predicted octanol–water partition coefficient (Wildman–Crippen LogP) is 3.30. The van der Waals surface area contributed by atoms with Gasteiger partial charge in [-0.3, -0.25) is 14.9 Å². The zero-order chi connectivity index (χ0) is 19.3. The summed E-state index contributed by atoms with van der Waals surface area (Å²) in [7, 11) is 3.12.